The van der Waals surface area contributed by atoms with Gasteiger partial charge in [0.25, 0.3) is 0 Å². The van der Waals surface area contributed by atoms with Gasteiger partial charge < -0.3 is 9.80 Å². The van der Waals surface area contributed by atoms with Crippen molar-refractivity contribution in [2.75, 3.05) is 43.1 Å². The Balaban J connectivity index is 1.87. The summed E-state index contributed by atoms with van der Waals surface area (Å²) in [5.74, 6) is -0.175. The number of amides is 1. The summed E-state index contributed by atoms with van der Waals surface area (Å²) in [6.07, 6.45) is 1.22. The van der Waals surface area contributed by atoms with Crippen molar-refractivity contribution in [1.82, 2.24) is 4.90 Å². The number of piperazine rings is 1. The molecule has 1 amide bonds. The summed E-state index contributed by atoms with van der Waals surface area (Å²) in [7, 11) is -3.09. The lowest BCUT2D eigenvalue weighted by Crippen LogP contribution is -2.49. The molecule has 0 N–H and O–H groups in total. The minimum Gasteiger partial charge on any atom is -0.368 e. The second kappa shape index (κ2) is 6.66. The maximum absolute atomic E-state index is 12.0. The van der Waals surface area contributed by atoms with Gasteiger partial charge in [-0.2, -0.15) is 0 Å². The van der Waals surface area contributed by atoms with Crippen molar-refractivity contribution in [1.29, 1.82) is 0 Å². The predicted molar refractivity (Wildman–Crippen MR) is 84.6 cm³/mol. The van der Waals surface area contributed by atoms with Crippen molar-refractivity contribution in [2.24, 2.45) is 0 Å². The minimum atomic E-state index is -3.09. The molecule has 0 atom stereocenters. The van der Waals surface area contributed by atoms with E-state index >= 15 is 0 Å². The van der Waals surface area contributed by atoms with Gasteiger partial charge >= 0.3 is 0 Å². The monoisotopic (exact) mass is 330 g/mol. The molecule has 0 saturated carbocycles. The molecule has 116 valence electrons. The lowest BCUT2D eigenvalue weighted by Gasteiger charge is -2.36. The molecule has 7 heteroatoms. The Bertz CT molecular complexity index is 610. The first-order valence-corrected chi connectivity index (χ1v) is 9.25. The number of anilines is 1. The number of sulfone groups is 1. The third kappa shape index (κ3) is 4.89. The van der Waals surface area contributed by atoms with E-state index in [4.69, 9.17) is 11.6 Å². The van der Waals surface area contributed by atoms with Gasteiger partial charge in [0.05, 0.1) is 5.75 Å². The second-order valence-electron chi connectivity index (χ2n) is 5.23. The first kappa shape index (κ1) is 16.1. The third-order valence-electron chi connectivity index (χ3n) is 3.49. The minimum absolute atomic E-state index is 0.0655. The average Bonchev–Trinajstić information content (AvgIpc) is 2.44. The van der Waals surface area contributed by atoms with Crippen LogP contribution in [0.3, 0.4) is 0 Å². The standard InChI is InChI=1S/C14H19ClN2O3S/c1-21(19,20)10-5-14(18)17-8-6-16(7-9-17)13-4-2-3-12(15)11-13/h2-4,11H,5-10H2,1H3. The van der Waals surface area contributed by atoms with Crippen LogP contribution in [0.1, 0.15) is 6.42 Å². The fraction of sp³-hybridized carbons (Fsp3) is 0.500. The van der Waals surface area contributed by atoms with Crippen LogP contribution in [0.25, 0.3) is 0 Å². The lowest BCUT2D eigenvalue weighted by atomic mass is 10.2. The second-order valence-corrected chi connectivity index (χ2v) is 7.92. The quantitative estimate of drug-likeness (QED) is 0.838. The highest BCUT2D eigenvalue weighted by Gasteiger charge is 2.22. The molecule has 0 bridgehead atoms. The molecule has 1 fully saturated rings. The highest BCUT2D eigenvalue weighted by atomic mass is 35.5. The van der Waals surface area contributed by atoms with Crippen molar-refractivity contribution in [2.45, 2.75) is 6.42 Å². The summed E-state index contributed by atoms with van der Waals surface area (Å²) < 4.78 is 22.2. The summed E-state index contributed by atoms with van der Waals surface area (Å²) in [5.41, 5.74) is 1.05. The molecule has 0 radical (unpaired) electrons. The molecule has 2 rings (SSSR count). The van der Waals surface area contributed by atoms with Crippen LogP contribution >= 0.6 is 11.6 Å². The number of nitrogens with zero attached hydrogens (tertiary/aromatic N) is 2. The van der Waals surface area contributed by atoms with Crippen LogP contribution in [-0.2, 0) is 14.6 Å². The Labute approximate surface area is 130 Å². The van der Waals surface area contributed by atoms with Crippen LogP contribution in [0.5, 0.6) is 0 Å². The van der Waals surface area contributed by atoms with E-state index in [0.29, 0.717) is 18.1 Å². The summed E-state index contributed by atoms with van der Waals surface area (Å²) in [6.45, 7) is 2.67. The normalized spacial score (nSPS) is 16.1. The smallest absolute Gasteiger partial charge is 0.223 e. The molecule has 1 saturated heterocycles. The van der Waals surface area contributed by atoms with Crippen LogP contribution in [0, 0.1) is 0 Å². The van der Waals surface area contributed by atoms with Gasteiger partial charge in [0, 0.05) is 49.6 Å². The summed E-state index contributed by atoms with van der Waals surface area (Å²) >= 11 is 5.98. The first-order chi connectivity index (χ1) is 9.85. The van der Waals surface area contributed by atoms with Gasteiger partial charge in [-0.1, -0.05) is 17.7 Å². The van der Waals surface area contributed by atoms with Gasteiger partial charge in [0.2, 0.25) is 5.91 Å². The maximum Gasteiger partial charge on any atom is 0.223 e. The number of carbonyl (C=O) groups is 1. The molecule has 0 aliphatic carbocycles. The highest BCUT2D eigenvalue weighted by Crippen LogP contribution is 2.20. The Morgan fingerprint density at radius 1 is 1.24 bits per heavy atom. The molecule has 0 aromatic heterocycles. The Kier molecular flexibility index (Phi) is 5.11. The summed E-state index contributed by atoms with van der Waals surface area (Å²) in [5, 5.41) is 0.694. The lowest BCUT2D eigenvalue weighted by molar-refractivity contribution is -0.131. The number of benzene rings is 1. The molecular weight excluding hydrogens is 312 g/mol. The van der Waals surface area contributed by atoms with Crippen molar-refractivity contribution in [3.05, 3.63) is 29.3 Å². The van der Waals surface area contributed by atoms with Crippen molar-refractivity contribution >= 4 is 33.0 Å². The number of carbonyl (C=O) groups excluding carboxylic acids is 1. The molecule has 1 heterocycles. The Morgan fingerprint density at radius 2 is 1.90 bits per heavy atom. The molecule has 5 nitrogen and oxygen atoms in total. The molecule has 1 aromatic rings. The van der Waals surface area contributed by atoms with E-state index in [1.807, 2.05) is 24.3 Å². The molecule has 0 unspecified atom stereocenters. The molecule has 21 heavy (non-hydrogen) atoms. The third-order valence-corrected chi connectivity index (χ3v) is 4.67. The summed E-state index contributed by atoms with van der Waals surface area (Å²) in [4.78, 5) is 15.9. The van der Waals surface area contributed by atoms with E-state index < -0.39 is 9.84 Å². The first-order valence-electron chi connectivity index (χ1n) is 6.81. The van der Waals surface area contributed by atoms with Crippen LogP contribution in [-0.4, -0.2) is 57.4 Å². The van der Waals surface area contributed by atoms with E-state index in [0.717, 1.165) is 25.0 Å². The molecule has 0 spiro atoms. The van der Waals surface area contributed by atoms with Gasteiger partial charge in [-0.3, -0.25) is 4.79 Å². The Morgan fingerprint density at radius 3 is 2.48 bits per heavy atom. The number of rotatable bonds is 4. The number of hydrogen-bond acceptors (Lipinski definition) is 4. The van der Waals surface area contributed by atoms with E-state index in [9.17, 15) is 13.2 Å². The molecule has 1 aliphatic heterocycles. The zero-order valence-corrected chi connectivity index (χ0v) is 13.5. The largest absolute Gasteiger partial charge is 0.368 e. The molecular formula is C14H19ClN2O3S. The number of hydrogen-bond donors (Lipinski definition) is 0. The van der Waals surface area contributed by atoms with Crippen LogP contribution < -0.4 is 4.90 Å². The predicted octanol–water partition coefficient (Wildman–Crippen LogP) is 1.42. The van der Waals surface area contributed by atoms with Crippen LogP contribution in [0.4, 0.5) is 5.69 Å². The van der Waals surface area contributed by atoms with Crippen LogP contribution in [0.15, 0.2) is 24.3 Å². The zero-order chi connectivity index (χ0) is 15.5. The van der Waals surface area contributed by atoms with Gasteiger partial charge in [-0.05, 0) is 18.2 Å². The van der Waals surface area contributed by atoms with Crippen molar-refractivity contribution in [3.8, 4) is 0 Å². The number of halogens is 1. The van der Waals surface area contributed by atoms with E-state index in [1.165, 1.54) is 0 Å². The fourth-order valence-electron chi connectivity index (χ4n) is 2.32. The SMILES string of the molecule is CS(=O)(=O)CCC(=O)N1CCN(c2cccc(Cl)c2)CC1. The van der Waals surface area contributed by atoms with Gasteiger partial charge in [-0.25, -0.2) is 8.42 Å². The average molecular weight is 331 g/mol. The van der Waals surface area contributed by atoms with Gasteiger partial charge in [-0.15, -0.1) is 0 Å². The fourth-order valence-corrected chi connectivity index (χ4v) is 3.05. The highest BCUT2D eigenvalue weighted by molar-refractivity contribution is 7.90. The zero-order valence-electron chi connectivity index (χ0n) is 12.0. The Hall–Kier alpha value is -1.27. The van der Waals surface area contributed by atoms with Crippen molar-refractivity contribution in [3.63, 3.8) is 0 Å². The van der Waals surface area contributed by atoms with E-state index in [2.05, 4.69) is 4.90 Å². The van der Waals surface area contributed by atoms with E-state index in [-0.39, 0.29) is 18.1 Å². The van der Waals surface area contributed by atoms with Gasteiger partial charge in [0.1, 0.15) is 9.84 Å². The van der Waals surface area contributed by atoms with E-state index in [1.54, 1.807) is 4.90 Å². The topological polar surface area (TPSA) is 57.7 Å². The summed E-state index contributed by atoms with van der Waals surface area (Å²) in [6, 6.07) is 7.63. The maximum atomic E-state index is 12.0. The van der Waals surface area contributed by atoms with Gasteiger partial charge in [0.15, 0.2) is 0 Å². The van der Waals surface area contributed by atoms with Crippen LogP contribution in [0.2, 0.25) is 5.02 Å². The van der Waals surface area contributed by atoms with Crippen molar-refractivity contribution < 1.29 is 13.2 Å². The molecule has 1 aromatic carbocycles. The molecule has 1 aliphatic rings.